The normalized spacial score (nSPS) is 38.0. The molecule has 82 valence electrons. The van der Waals surface area contributed by atoms with Crippen LogP contribution in [0.1, 0.15) is 20.3 Å². The third kappa shape index (κ3) is 2.67. The monoisotopic (exact) mass is 204 g/mol. The van der Waals surface area contributed by atoms with Gasteiger partial charge in [0.2, 0.25) is 0 Å². The third-order valence-corrected chi connectivity index (χ3v) is 2.21. The minimum atomic E-state index is -0.764. The van der Waals surface area contributed by atoms with E-state index < -0.39 is 24.3 Å². The number of ether oxygens (including phenoxy) is 2. The van der Waals surface area contributed by atoms with Crippen molar-refractivity contribution in [3.05, 3.63) is 0 Å². The summed E-state index contributed by atoms with van der Waals surface area (Å²) in [6.07, 6.45) is -1.87. The summed E-state index contributed by atoms with van der Waals surface area (Å²) in [6.45, 7) is 2.80. The highest BCUT2D eigenvalue weighted by atomic mass is 16.6. The quantitative estimate of drug-likeness (QED) is 0.590. The second-order valence-electron chi connectivity index (χ2n) is 3.54. The van der Waals surface area contributed by atoms with E-state index in [4.69, 9.17) is 14.6 Å². The van der Waals surface area contributed by atoms with Crippen LogP contribution in [0.4, 0.5) is 0 Å². The molecule has 0 spiro atoms. The van der Waals surface area contributed by atoms with E-state index in [2.05, 4.69) is 0 Å². The number of aliphatic hydroxyl groups is 2. The molecule has 5 heteroatoms. The van der Waals surface area contributed by atoms with Gasteiger partial charge in [0.15, 0.2) is 6.10 Å². The van der Waals surface area contributed by atoms with Gasteiger partial charge < -0.3 is 19.7 Å². The minimum Gasteiger partial charge on any atom is -0.457 e. The van der Waals surface area contributed by atoms with Crippen molar-refractivity contribution in [2.75, 3.05) is 6.61 Å². The Hall–Kier alpha value is -0.650. The lowest BCUT2D eigenvalue weighted by Gasteiger charge is -2.37. The van der Waals surface area contributed by atoms with Crippen LogP contribution < -0.4 is 0 Å². The van der Waals surface area contributed by atoms with Gasteiger partial charge in [0.25, 0.3) is 0 Å². The fraction of sp³-hybridized carbons (Fsp3) is 0.889. The Morgan fingerprint density at radius 3 is 2.79 bits per heavy atom. The van der Waals surface area contributed by atoms with Crippen molar-refractivity contribution in [1.29, 1.82) is 0 Å². The predicted molar refractivity (Wildman–Crippen MR) is 47.6 cm³/mol. The van der Waals surface area contributed by atoms with Gasteiger partial charge >= 0.3 is 5.97 Å². The van der Waals surface area contributed by atoms with Gasteiger partial charge in [-0.3, -0.25) is 4.79 Å². The molecule has 4 unspecified atom stereocenters. The van der Waals surface area contributed by atoms with Crippen LogP contribution in [0, 0.1) is 0 Å². The molecule has 0 aromatic carbocycles. The van der Waals surface area contributed by atoms with E-state index in [1.165, 1.54) is 6.92 Å². The Balaban J connectivity index is 2.63. The van der Waals surface area contributed by atoms with Crippen LogP contribution in [0.5, 0.6) is 0 Å². The summed E-state index contributed by atoms with van der Waals surface area (Å²) in [5.41, 5.74) is 0. The molecule has 0 bridgehead atoms. The molecule has 14 heavy (non-hydrogen) atoms. The molecule has 0 amide bonds. The molecule has 0 aliphatic carbocycles. The molecule has 4 atom stereocenters. The van der Waals surface area contributed by atoms with Gasteiger partial charge in [-0.1, -0.05) is 0 Å². The van der Waals surface area contributed by atoms with E-state index in [0.717, 1.165) is 0 Å². The van der Waals surface area contributed by atoms with Crippen molar-refractivity contribution < 1.29 is 24.5 Å². The number of carbonyl (C=O) groups excluding carboxylic acids is 1. The lowest BCUT2D eigenvalue weighted by atomic mass is 9.99. The molecule has 0 saturated carbocycles. The molecule has 1 saturated heterocycles. The van der Waals surface area contributed by atoms with Crippen molar-refractivity contribution in [2.45, 2.75) is 44.7 Å². The van der Waals surface area contributed by atoms with Crippen molar-refractivity contribution in [3.8, 4) is 0 Å². The van der Waals surface area contributed by atoms with Gasteiger partial charge in [0.05, 0.1) is 18.8 Å². The summed E-state index contributed by atoms with van der Waals surface area (Å²) < 4.78 is 10.2. The van der Waals surface area contributed by atoms with Crippen LogP contribution in [0.25, 0.3) is 0 Å². The van der Waals surface area contributed by atoms with Crippen LogP contribution in [0.3, 0.4) is 0 Å². The van der Waals surface area contributed by atoms with Crippen LogP contribution in [-0.4, -0.2) is 47.2 Å². The summed E-state index contributed by atoms with van der Waals surface area (Å²) in [7, 11) is 0. The van der Waals surface area contributed by atoms with Crippen LogP contribution in [-0.2, 0) is 14.3 Å². The van der Waals surface area contributed by atoms with E-state index in [0.29, 0.717) is 6.42 Å². The molecule has 1 aliphatic rings. The number of esters is 1. The van der Waals surface area contributed by atoms with E-state index in [1.54, 1.807) is 6.92 Å². The first kappa shape index (κ1) is 11.4. The number of hydrogen-bond acceptors (Lipinski definition) is 5. The molecule has 5 nitrogen and oxygen atoms in total. The fourth-order valence-corrected chi connectivity index (χ4v) is 1.65. The molecule has 1 rings (SSSR count). The number of hydrogen-bond donors (Lipinski definition) is 2. The zero-order chi connectivity index (χ0) is 10.7. The molecule has 2 N–H and O–H groups in total. The zero-order valence-electron chi connectivity index (χ0n) is 8.34. The number of aliphatic hydroxyl groups excluding tert-OH is 2. The second kappa shape index (κ2) is 4.72. The number of carbonyl (C=O) groups is 1. The Bertz CT molecular complexity index is 205. The first-order valence-corrected chi connectivity index (χ1v) is 4.66. The molecule has 0 aromatic rings. The van der Waals surface area contributed by atoms with E-state index in [-0.39, 0.29) is 12.7 Å². The standard InChI is InChI=1S/C9H16O5/c1-5-3-7(12)9(14-6(2)11)8(4-10)13-5/h5,7-10,12H,3-4H2,1-2H3. The average Bonchev–Trinajstić information content (AvgIpc) is 2.08. The van der Waals surface area contributed by atoms with Crippen molar-refractivity contribution >= 4 is 5.97 Å². The highest BCUT2D eigenvalue weighted by Gasteiger charge is 2.38. The van der Waals surface area contributed by atoms with Crippen molar-refractivity contribution in [3.63, 3.8) is 0 Å². The predicted octanol–water partition coefficient (Wildman–Crippen LogP) is -0.551. The summed E-state index contributed by atoms with van der Waals surface area (Å²) in [4.78, 5) is 10.7. The van der Waals surface area contributed by atoms with E-state index in [1.807, 2.05) is 0 Å². The summed E-state index contributed by atoms with van der Waals surface area (Å²) >= 11 is 0. The fourth-order valence-electron chi connectivity index (χ4n) is 1.65. The van der Waals surface area contributed by atoms with Gasteiger partial charge in [-0.25, -0.2) is 0 Å². The largest absolute Gasteiger partial charge is 0.457 e. The Morgan fingerprint density at radius 2 is 2.29 bits per heavy atom. The molecule has 0 aromatic heterocycles. The average molecular weight is 204 g/mol. The maximum absolute atomic E-state index is 10.7. The highest BCUT2D eigenvalue weighted by molar-refractivity contribution is 5.66. The van der Waals surface area contributed by atoms with Gasteiger partial charge in [-0.2, -0.15) is 0 Å². The Labute approximate surface area is 82.6 Å². The molecule has 1 heterocycles. The first-order chi connectivity index (χ1) is 6.54. The van der Waals surface area contributed by atoms with Gasteiger partial charge in [-0.15, -0.1) is 0 Å². The van der Waals surface area contributed by atoms with Crippen LogP contribution >= 0.6 is 0 Å². The van der Waals surface area contributed by atoms with E-state index in [9.17, 15) is 9.90 Å². The topological polar surface area (TPSA) is 76.0 Å². The maximum Gasteiger partial charge on any atom is 0.303 e. The molecular formula is C9H16O5. The van der Waals surface area contributed by atoms with E-state index >= 15 is 0 Å². The lowest BCUT2D eigenvalue weighted by molar-refractivity contribution is -0.199. The molecule has 1 fully saturated rings. The smallest absolute Gasteiger partial charge is 0.303 e. The van der Waals surface area contributed by atoms with Gasteiger partial charge in [-0.05, 0) is 6.92 Å². The number of rotatable bonds is 2. The maximum atomic E-state index is 10.7. The molecule has 1 aliphatic heterocycles. The molecule has 0 radical (unpaired) electrons. The minimum absolute atomic E-state index is 0.131. The second-order valence-corrected chi connectivity index (χ2v) is 3.54. The Morgan fingerprint density at radius 1 is 1.64 bits per heavy atom. The Kier molecular flexibility index (Phi) is 3.86. The van der Waals surface area contributed by atoms with Crippen molar-refractivity contribution in [2.24, 2.45) is 0 Å². The third-order valence-electron chi connectivity index (χ3n) is 2.21. The molecular weight excluding hydrogens is 188 g/mol. The van der Waals surface area contributed by atoms with Gasteiger partial charge in [0.1, 0.15) is 6.10 Å². The zero-order valence-corrected chi connectivity index (χ0v) is 8.34. The SMILES string of the molecule is CC(=O)OC1C(O)CC(C)OC1CO. The summed E-state index contributed by atoms with van der Waals surface area (Å²) in [5.74, 6) is -0.481. The summed E-state index contributed by atoms with van der Waals surface area (Å²) in [5, 5.41) is 18.6. The van der Waals surface area contributed by atoms with Crippen molar-refractivity contribution in [1.82, 2.24) is 0 Å². The first-order valence-electron chi connectivity index (χ1n) is 4.66. The van der Waals surface area contributed by atoms with Crippen LogP contribution in [0.15, 0.2) is 0 Å². The summed E-state index contributed by atoms with van der Waals surface area (Å²) in [6, 6.07) is 0. The van der Waals surface area contributed by atoms with Crippen LogP contribution in [0.2, 0.25) is 0 Å². The highest BCUT2D eigenvalue weighted by Crippen LogP contribution is 2.22. The lowest BCUT2D eigenvalue weighted by Crippen LogP contribution is -2.51. The van der Waals surface area contributed by atoms with Gasteiger partial charge in [0, 0.05) is 13.3 Å².